The highest BCUT2D eigenvalue weighted by Gasteiger charge is 2.39. The highest BCUT2D eigenvalue weighted by molar-refractivity contribution is 6.01. The minimum atomic E-state index is -0.519. The summed E-state index contributed by atoms with van der Waals surface area (Å²) in [4.78, 5) is 25.0. The van der Waals surface area contributed by atoms with Crippen LogP contribution in [0.2, 0.25) is 0 Å². The number of nitrogens with zero attached hydrogens (tertiary/aromatic N) is 1. The molecule has 1 atom stereocenters. The van der Waals surface area contributed by atoms with Gasteiger partial charge in [-0.05, 0) is 31.0 Å². The molecule has 3 rings (SSSR count). The molecular weight excluding hydrogens is 256 g/mol. The number of amides is 2. The summed E-state index contributed by atoms with van der Waals surface area (Å²) in [6, 6.07) is 3.73. The second kappa shape index (κ2) is 4.13. The van der Waals surface area contributed by atoms with Gasteiger partial charge in [-0.2, -0.15) is 0 Å². The second-order valence-electron chi connectivity index (χ2n) is 5.89. The summed E-state index contributed by atoms with van der Waals surface area (Å²) in [6.45, 7) is 3.16. The molecule has 2 aliphatic heterocycles. The third-order valence-corrected chi connectivity index (χ3v) is 4.29. The summed E-state index contributed by atoms with van der Waals surface area (Å²) in [6.07, 6.45) is 1.09. The molecule has 1 unspecified atom stereocenters. The Labute approximate surface area is 117 Å². The lowest BCUT2D eigenvalue weighted by atomic mass is 9.89. The van der Waals surface area contributed by atoms with Gasteiger partial charge in [0.2, 0.25) is 11.8 Å². The van der Waals surface area contributed by atoms with Crippen molar-refractivity contribution in [3.63, 3.8) is 0 Å². The van der Waals surface area contributed by atoms with Crippen molar-refractivity contribution >= 4 is 28.9 Å². The van der Waals surface area contributed by atoms with Gasteiger partial charge >= 0.3 is 0 Å². The van der Waals surface area contributed by atoms with Crippen LogP contribution in [0.1, 0.15) is 18.9 Å². The van der Waals surface area contributed by atoms with Gasteiger partial charge in [-0.1, -0.05) is 0 Å². The molecule has 0 bridgehead atoms. The predicted octanol–water partition coefficient (Wildman–Crippen LogP) is 0.465. The molecule has 2 aliphatic rings. The Morgan fingerprint density at radius 1 is 1.45 bits per heavy atom. The molecule has 0 aliphatic carbocycles. The molecule has 2 amide bonds. The fourth-order valence-electron chi connectivity index (χ4n) is 2.92. The van der Waals surface area contributed by atoms with E-state index in [9.17, 15) is 9.59 Å². The minimum Gasteiger partial charge on any atom is -0.397 e. The fourth-order valence-corrected chi connectivity index (χ4v) is 2.92. The van der Waals surface area contributed by atoms with E-state index in [2.05, 4.69) is 10.2 Å². The molecule has 5 N–H and O–H groups in total. The lowest BCUT2D eigenvalue weighted by molar-refractivity contribution is -0.125. The number of anilines is 3. The summed E-state index contributed by atoms with van der Waals surface area (Å²) in [5, 5.41) is 2.82. The SMILES string of the molecule is CC1(C(N)=O)CCN(c2cc3c(cc2N)CC(=O)N3)C1. The number of hydrogen-bond acceptors (Lipinski definition) is 4. The van der Waals surface area contributed by atoms with E-state index in [1.165, 1.54) is 0 Å². The van der Waals surface area contributed by atoms with E-state index in [1.54, 1.807) is 0 Å². The van der Waals surface area contributed by atoms with Crippen LogP contribution in [-0.2, 0) is 16.0 Å². The first-order valence-electron chi connectivity index (χ1n) is 6.66. The van der Waals surface area contributed by atoms with Gasteiger partial charge in [-0.15, -0.1) is 0 Å². The number of nitrogens with one attached hydrogen (secondary N) is 1. The lowest BCUT2D eigenvalue weighted by Gasteiger charge is -2.24. The third kappa shape index (κ3) is 1.88. The van der Waals surface area contributed by atoms with Crippen molar-refractivity contribution in [2.45, 2.75) is 19.8 Å². The maximum Gasteiger partial charge on any atom is 0.228 e. The quantitative estimate of drug-likeness (QED) is 0.682. The molecule has 0 radical (unpaired) electrons. The smallest absolute Gasteiger partial charge is 0.228 e. The number of primary amides is 1. The van der Waals surface area contributed by atoms with Crippen LogP contribution in [0.5, 0.6) is 0 Å². The highest BCUT2D eigenvalue weighted by atomic mass is 16.2. The van der Waals surface area contributed by atoms with Crippen LogP contribution in [0.4, 0.5) is 17.1 Å². The van der Waals surface area contributed by atoms with Crippen molar-refractivity contribution in [2.24, 2.45) is 11.1 Å². The second-order valence-corrected chi connectivity index (χ2v) is 5.89. The first kappa shape index (κ1) is 12.8. The van der Waals surface area contributed by atoms with Gasteiger partial charge in [-0.3, -0.25) is 9.59 Å². The summed E-state index contributed by atoms with van der Waals surface area (Å²) < 4.78 is 0. The van der Waals surface area contributed by atoms with E-state index in [0.29, 0.717) is 25.1 Å². The van der Waals surface area contributed by atoms with Crippen LogP contribution < -0.4 is 21.7 Å². The molecule has 1 aromatic rings. The van der Waals surface area contributed by atoms with Gasteiger partial charge in [0.25, 0.3) is 0 Å². The van der Waals surface area contributed by atoms with Crippen molar-refractivity contribution in [2.75, 3.05) is 29.0 Å². The van der Waals surface area contributed by atoms with Crippen LogP contribution in [0.25, 0.3) is 0 Å². The van der Waals surface area contributed by atoms with Crippen LogP contribution in [0, 0.1) is 5.41 Å². The summed E-state index contributed by atoms with van der Waals surface area (Å²) in [7, 11) is 0. The molecular formula is C14H18N4O2. The summed E-state index contributed by atoms with van der Waals surface area (Å²) >= 11 is 0. The molecule has 2 heterocycles. The van der Waals surface area contributed by atoms with Crippen LogP contribution in [0.15, 0.2) is 12.1 Å². The summed E-state index contributed by atoms with van der Waals surface area (Å²) in [5.41, 5.74) is 14.3. The largest absolute Gasteiger partial charge is 0.397 e. The molecule has 20 heavy (non-hydrogen) atoms. The number of benzene rings is 1. The maximum atomic E-state index is 11.5. The van der Waals surface area contributed by atoms with Gasteiger partial charge in [0.05, 0.1) is 23.2 Å². The molecule has 6 nitrogen and oxygen atoms in total. The molecule has 106 valence electrons. The zero-order chi connectivity index (χ0) is 14.5. The van der Waals surface area contributed by atoms with Crippen molar-refractivity contribution in [1.82, 2.24) is 0 Å². The van der Waals surface area contributed by atoms with E-state index < -0.39 is 5.41 Å². The van der Waals surface area contributed by atoms with Gasteiger partial charge in [-0.25, -0.2) is 0 Å². The average molecular weight is 274 g/mol. The predicted molar refractivity (Wildman–Crippen MR) is 77.3 cm³/mol. The molecule has 0 saturated carbocycles. The lowest BCUT2D eigenvalue weighted by Crippen LogP contribution is -2.37. The van der Waals surface area contributed by atoms with Crippen molar-refractivity contribution in [3.05, 3.63) is 17.7 Å². The number of nitrogen functional groups attached to an aromatic ring is 1. The Bertz CT molecular complexity index is 613. The Kier molecular flexibility index (Phi) is 2.64. The van der Waals surface area contributed by atoms with Gasteiger partial charge in [0.15, 0.2) is 0 Å². The number of fused-ring (bicyclic) bond motifs is 1. The highest BCUT2D eigenvalue weighted by Crippen LogP contribution is 2.39. The van der Waals surface area contributed by atoms with Crippen LogP contribution in [0.3, 0.4) is 0 Å². The van der Waals surface area contributed by atoms with Gasteiger partial charge in [0, 0.05) is 18.8 Å². The zero-order valence-electron chi connectivity index (χ0n) is 11.4. The van der Waals surface area contributed by atoms with Crippen molar-refractivity contribution in [3.8, 4) is 0 Å². The third-order valence-electron chi connectivity index (χ3n) is 4.29. The molecule has 1 fully saturated rings. The van der Waals surface area contributed by atoms with Gasteiger partial charge in [0.1, 0.15) is 0 Å². The summed E-state index contributed by atoms with van der Waals surface area (Å²) in [5.74, 6) is -0.298. The number of carbonyl (C=O) groups is 2. The van der Waals surface area contributed by atoms with Crippen molar-refractivity contribution < 1.29 is 9.59 Å². The van der Waals surface area contributed by atoms with Crippen LogP contribution in [-0.4, -0.2) is 24.9 Å². The van der Waals surface area contributed by atoms with E-state index >= 15 is 0 Å². The van der Waals surface area contributed by atoms with E-state index in [0.717, 1.165) is 23.5 Å². The molecule has 1 saturated heterocycles. The normalized spacial score (nSPS) is 24.6. The van der Waals surface area contributed by atoms with E-state index in [-0.39, 0.29) is 11.8 Å². The number of hydrogen-bond donors (Lipinski definition) is 3. The Balaban J connectivity index is 1.91. The minimum absolute atomic E-state index is 0.0139. The van der Waals surface area contributed by atoms with Crippen molar-refractivity contribution in [1.29, 1.82) is 0 Å². The maximum absolute atomic E-state index is 11.5. The first-order chi connectivity index (χ1) is 9.39. The standard InChI is InChI=1S/C14H18N4O2/c1-14(13(16)20)2-3-18(7-14)11-6-10-8(4-9(11)15)5-12(19)17-10/h4,6H,2-3,5,7,15H2,1H3,(H2,16,20)(H,17,19). The fraction of sp³-hybridized carbons (Fsp3) is 0.429. The zero-order valence-corrected chi connectivity index (χ0v) is 11.4. The number of nitrogens with two attached hydrogens (primary N) is 2. The Morgan fingerprint density at radius 2 is 2.20 bits per heavy atom. The van der Waals surface area contributed by atoms with Gasteiger partial charge < -0.3 is 21.7 Å². The number of carbonyl (C=O) groups excluding carboxylic acids is 2. The molecule has 6 heteroatoms. The Morgan fingerprint density at radius 3 is 2.85 bits per heavy atom. The molecule has 1 aromatic carbocycles. The Hall–Kier alpha value is -2.24. The van der Waals surface area contributed by atoms with E-state index in [4.69, 9.17) is 11.5 Å². The molecule has 0 spiro atoms. The molecule has 0 aromatic heterocycles. The first-order valence-corrected chi connectivity index (χ1v) is 6.66. The van der Waals surface area contributed by atoms with E-state index in [1.807, 2.05) is 19.1 Å². The average Bonchev–Trinajstić information content (AvgIpc) is 2.91. The number of rotatable bonds is 2. The monoisotopic (exact) mass is 274 g/mol. The topological polar surface area (TPSA) is 101 Å². The van der Waals surface area contributed by atoms with Crippen LogP contribution >= 0.6 is 0 Å².